The molecule has 1 aliphatic rings. The Bertz CT molecular complexity index is 1190. The molecule has 0 aliphatic carbocycles. The zero-order valence-corrected chi connectivity index (χ0v) is 20.1. The van der Waals surface area contributed by atoms with Crippen LogP contribution in [0.25, 0.3) is 10.9 Å². The molecule has 3 atom stereocenters. The summed E-state index contributed by atoms with van der Waals surface area (Å²) in [5, 5.41) is 15.1. The zero-order chi connectivity index (χ0) is 25.9. The normalized spacial score (nSPS) is 17.7. The van der Waals surface area contributed by atoms with Gasteiger partial charge in [-0.25, -0.2) is 4.79 Å². The van der Waals surface area contributed by atoms with Gasteiger partial charge in [-0.2, -0.15) is 0 Å². The number of hydrogen-bond acceptors (Lipinski definition) is 6. The van der Waals surface area contributed by atoms with Crippen LogP contribution in [0.4, 0.5) is 0 Å². The summed E-state index contributed by atoms with van der Waals surface area (Å²) in [5.41, 5.74) is 0.0607. The van der Waals surface area contributed by atoms with Crippen LogP contribution in [0.2, 0.25) is 0 Å². The van der Waals surface area contributed by atoms with Crippen LogP contribution in [-0.4, -0.2) is 61.8 Å². The third-order valence-corrected chi connectivity index (χ3v) is 6.59. The van der Waals surface area contributed by atoms with Crippen LogP contribution >= 0.6 is 7.60 Å². The van der Waals surface area contributed by atoms with Crippen molar-refractivity contribution in [3.05, 3.63) is 29.8 Å². The Morgan fingerprint density at radius 3 is 2.43 bits per heavy atom. The fourth-order valence-electron chi connectivity index (χ4n) is 4.00. The zero-order valence-electron chi connectivity index (χ0n) is 19.2. The van der Waals surface area contributed by atoms with Gasteiger partial charge in [0, 0.05) is 30.2 Å². The molecule has 0 bridgehead atoms. The molecule has 0 saturated carbocycles. The summed E-state index contributed by atoms with van der Waals surface area (Å²) < 4.78 is 17.0. The van der Waals surface area contributed by atoms with Gasteiger partial charge in [0.25, 0.3) is 5.91 Å². The number of H-pyrrole nitrogens is 1. The van der Waals surface area contributed by atoms with Gasteiger partial charge in [-0.3, -0.25) is 18.9 Å². The Labute approximate surface area is 200 Å². The van der Waals surface area contributed by atoms with Gasteiger partial charge in [-0.05, 0) is 24.0 Å². The summed E-state index contributed by atoms with van der Waals surface area (Å²) >= 11 is 0. The maximum Gasteiger partial charge on any atom is 0.372 e. The van der Waals surface area contributed by atoms with Crippen LogP contribution in [-0.2, 0) is 34.9 Å². The third kappa shape index (κ3) is 6.47. The van der Waals surface area contributed by atoms with Gasteiger partial charge in [0.15, 0.2) is 6.10 Å². The van der Waals surface area contributed by atoms with E-state index in [2.05, 4.69) is 15.6 Å². The molecule has 1 aromatic carbocycles. The van der Waals surface area contributed by atoms with E-state index in [4.69, 9.17) is 4.74 Å². The fraction of sp³-hybridized carbons (Fsp3) is 0.455. The van der Waals surface area contributed by atoms with E-state index in [1.165, 1.54) is 0 Å². The first-order chi connectivity index (χ1) is 16.4. The molecule has 13 heteroatoms. The number of aromatic amines is 1. The number of fused-ring (bicyclic) bond motifs is 1. The molecule has 2 aromatic rings. The number of nitrogens with one attached hydrogen (secondary N) is 3. The number of rotatable bonds is 10. The predicted molar refractivity (Wildman–Crippen MR) is 124 cm³/mol. The van der Waals surface area contributed by atoms with Gasteiger partial charge >= 0.3 is 19.5 Å². The lowest BCUT2D eigenvalue weighted by atomic mass is 10.0. The van der Waals surface area contributed by atoms with Gasteiger partial charge in [0.05, 0.1) is 0 Å². The maximum atomic E-state index is 13.0. The topological polar surface area (TPSA) is 195 Å². The molecule has 12 nitrogen and oxygen atoms in total. The Hall–Kier alpha value is -3.21. The highest BCUT2D eigenvalue weighted by molar-refractivity contribution is 7.60. The van der Waals surface area contributed by atoms with Gasteiger partial charge < -0.3 is 35.2 Å². The second kappa shape index (κ2) is 10.6. The first kappa shape index (κ1) is 26.4. The number of benzene rings is 1. The molecule has 2 amide bonds. The van der Waals surface area contributed by atoms with Crippen LogP contribution in [0.15, 0.2) is 24.3 Å². The average molecular weight is 509 g/mol. The molecule has 0 unspecified atom stereocenters. The standard InChI is InChI=1S/C22H28N3O9P/c1-11(2)9-15(23-20(28)17-7-8-18(26)34-17)19(27)24-16(22(29)30)10-13-12-5-3-4-6-14(12)25-21(13)35(31,32)33/h3-6,11,15-17,25H,7-10H2,1-2H3,(H,23,28)(H,24,27)(H,29,30)(H2,31,32,33)/t15-,16-,17-/m0/s1. The summed E-state index contributed by atoms with van der Waals surface area (Å²) in [4.78, 5) is 71.0. The highest BCUT2D eigenvalue weighted by atomic mass is 31.2. The molecule has 3 rings (SSSR count). The number of amides is 2. The second-order valence-electron chi connectivity index (χ2n) is 8.85. The number of carbonyl (C=O) groups excluding carboxylic acids is 3. The number of esters is 1. The SMILES string of the molecule is CC(C)C[C@H](NC(=O)[C@@H]1CCC(=O)O1)C(=O)N[C@@H](Cc1c(P(=O)(O)O)[nH]c2ccccc12)C(=O)O. The van der Waals surface area contributed by atoms with E-state index in [9.17, 15) is 38.6 Å². The van der Waals surface area contributed by atoms with E-state index >= 15 is 0 Å². The van der Waals surface area contributed by atoms with Crippen LogP contribution < -0.4 is 16.1 Å². The lowest BCUT2D eigenvalue weighted by Gasteiger charge is -2.24. The van der Waals surface area contributed by atoms with E-state index < -0.39 is 61.4 Å². The Balaban J connectivity index is 1.83. The number of hydrogen-bond donors (Lipinski definition) is 6. The number of ether oxygens (including phenoxy) is 1. The van der Waals surface area contributed by atoms with Crippen LogP contribution in [0, 0.1) is 5.92 Å². The molecule has 35 heavy (non-hydrogen) atoms. The van der Waals surface area contributed by atoms with Crippen molar-refractivity contribution in [2.45, 2.75) is 57.7 Å². The van der Waals surface area contributed by atoms with Crippen molar-refractivity contribution < 1.29 is 43.4 Å². The Kier molecular flexibility index (Phi) is 7.99. The van der Waals surface area contributed by atoms with Crippen molar-refractivity contribution in [1.82, 2.24) is 15.6 Å². The number of aliphatic carboxylic acids is 1. The minimum Gasteiger partial charge on any atom is -0.480 e. The molecular formula is C22H28N3O9P. The summed E-state index contributed by atoms with van der Waals surface area (Å²) in [5.74, 6) is -3.40. The monoisotopic (exact) mass is 509 g/mol. The van der Waals surface area contributed by atoms with Crippen LogP contribution in [0.5, 0.6) is 0 Å². The van der Waals surface area contributed by atoms with Crippen molar-refractivity contribution in [2.75, 3.05) is 0 Å². The predicted octanol–water partition coefficient (Wildman–Crippen LogP) is 0.319. The van der Waals surface area contributed by atoms with Crippen molar-refractivity contribution in [2.24, 2.45) is 5.92 Å². The fourth-order valence-corrected chi connectivity index (χ4v) is 4.82. The van der Waals surface area contributed by atoms with Crippen LogP contribution in [0.3, 0.4) is 0 Å². The van der Waals surface area contributed by atoms with Crippen molar-refractivity contribution >= 4 is 47.7 Å². The first-order valence-corrected chi connectivity index (χ1v) is 12.7. The molecule has 6 N–H and O–H groups in total. The lowest BCUT2D eigenvalue weighted by molar-refractivity contribution is -0.149. The molecule has 2 heterocycles. The van der Waals surface area contributed by atoms with E-state index in [1.54, 1.807) is 24.3 Å². The molecule has 1 fully saturated rings. The summed E-state index contributed by atoms with van der Waals surface area (Å²) in [6, 6.07) is 3.84. The molecular weight excluding hydrogens is 481 g/mol. The molecule has 1 saturated heterocycles. The van der Waals surface area contributed by atoms with Crippen molar-refractivity contribution in [3.63, 3.8) is 0 Å². The van der Waals surface area contributed by atoms with E-state index in [-0.39, 0.29) is 30.7 Å². The minimum atomic E-state index is -4.78. The largest absolute Gasteiger partial charge is 0.480 e. The smallest absolute Gasteiger partial charge is 0.372 e. The van der Waals surface area contributed by atoms with Gasteiger partial charge in [-0.15, -0.1) is 0 Å². The molecule has 1 aromatic heterocycles. The molecule has 190 valence electrons. The molecule has 1 aliphatic heterocycles. The van der Waals surface area contributed by atoms with E-state index in [1.807, 2.05) is 13.8 Å². The number of aromatic nitrogens is 1. The summed E-state index contributed by atoms with van der Waals surface area (Å²) in [7, 11) is -4.78. The summed E-state index contributed by atoms with van der Waals surface area (Å²) in [6.45, 7) is 3.63. The Morgan fingerprint density at radius 1 is 1.17 bits per heavy atom. The highest BCUT2D eigenvalue weighted by Crippen LogP contribution is 2.37. The average Bonchev–Trinajstić information content (AvgIpc) is 3.36. The number of para-hydroxylation sites is 1. The van der Waals surface area contributed by atoms with Gasteiger partial charge in [0.2, 0.25) is 5.91 Å². The molecule has 0 radical (unpaired) electrons. The number of cyclic esters (lactones) is 1. The number of carbonyl (C=O) groups is 4. The first-order valence-electron chi connectivity index (χ1n) is 11.1. The van der Waals surface area contributed by atoms with Crippen LogP contribution in [0.1, 0.15) is 38.7 Å². The number of carboxylic acid groups (broad SMARTS) is 1. The molecule has 0 spiro atoms. The van der Waals surface area contributed by atoms with E-state index in [0.29, 0.717) is 10.9 Å². The lowest BCUT2D eigenvalue weighted by Crippen LogP contribution is -2.54. The maximum absolute atomic E-state index is 13.0. The highest BCUT2D eigenvalue weighted by Gasteiger charge is 2.35. The van der Waals surface area contributed by atoms with Crippen molar-refractivity contribution in [1.29, 1.82) is 0 Å². The third-order valence-electron chi connectivity index (χ3n) is 5.62. The van der Waals surface area contributed by atoms with Crippen molar-refractivity contribution in [3.8, 4) is 0 Å². The minimum absolute atomic E-state index is 0.0460. The van der Waals surface area contributed by atoms with Gasteiger partial charge in [-0.1, -0.05) is 32.0 Å². The van der Waals surface area contributed by atoms with Gasteiger partial charge in [0.1, 0.15) is 17.5 Å². The Morgan fingerprint density at radius 2 is 1.86 bits per heavy atom. The second-order valence-corrected chi connectivity index (χ2v) is 10.4. The number of carboxylic acids is 1. The van der Waals surface area contributed by atoms with E-state index in [0.717, 1.165) is 0 Å². The quantitative estimate of drug-likeness (QED) is 0.193. The summed E-state index contributed by atoms with van der Waals surface area (Å²) in [6.07, 6.45) is -0.964.